The molecule has 0 bridgehead atoms. The smallest absolute Gasteiger partial charge is 0.233 e. The van der Waals surface area contributed by atoms with Gasteiger partial charge in [0.1, 0.15) is 0 Å². The molecule has 4 nitrogen and oxygen atoms in total. The number of nitro groups is 1. The highest BCUT2D eigenvalue weighted by Gasteiger charge is 2.40. The van der Waals surface area contributed by atoms with Crippen molar-refractivity contribution < 1.29 is 4.92 Å². The maximum atomic E-state index is 10.9. The number of likely N-dealkylation sites (N-methyl/N-ethyl adjacent to an activating group) is 1. The summed E-state index contributed by atoms with van der Waals surface area (Å²) in [4.78, 5) is 12.8. The van der Waals surface area contributed by atoms with E-state index in [2.05, 4.69) is 0 Å². The van der Waals surface area contributed by atoms with E-state index in [0.717, 1.165) is 12.1 Å². The minimum Gasteiger partial charge on any atom is -0.299 e. The van der Waals surface area contributed by atoms with Crippen LogP contribution in [0.5, 0.6) is 0 Å². The maximum Gasteiger partial charge on any atom is 0.233 e. The van der Waals surface area contributed by atoms with Crippen LogP contribution in [-0.2, 0) is 0 Å². The number of hydrogen-bond acceptors (Lipinski definition) is 3. The molecule has 15 heavy (non-hydrogen) atoms. The molecule has 1 aliphatic heterocycles. The van der Waals surface area contributed by atoms with Gasteiger partial charge in [0.2, 0.25) is 6.04 Å². The van der Waals surface area contributed by atoms with E-state index in [1.54, 1.807) is 0 Å². The second kappa shape index (κ2) is 3.98. The summed E-state index contributed by atoms with van der Waals surface area (Å²) in [6.07, 6.45) is 0. The molecule has 0 radical (unpaired) electrons. The van der Waals surface area contributed by atoms with Gasteiger partial charge in [-0.1, -0.05) is 30.3 Å². The quantitative estimate of drug-likeness (QED) is 0.542. The first-order valence-corrected chi connectivity index (χ1v) is 5.05. The molecule has 0 N–H and O–H groups in total. The zero-order chi connectivity index (χ0) is 10.8. The van der Waals surface area contributed by atoms with E-state index in [0.29, 0.717) is 6.54 Å². The summed E-state index contributed by atoms with van der Waals surface area (Å²) in [6.45, 7) is 1.32. The Morgan fingerprint density at radius 2 is 2.00 bits per heavy atom. The van der Waals surface area contributed by atoms with E-state index in [1.807, 2.05) is 42.3 Å². The number of likely N-dealkylation sites (tertiary alicyclic amines) is 1. The molecule has 0 unspecified atom stereocenters. The lowest BCUT2D eigenvalue weighted by molar-refractivity contribution is -0.521. The molecule has 2 rings (SSSR count). The summed E-state index contributed by atoms with van der Waals surface area (Å²) < 4.78 is 0. The highest BCUT2D eigenvalue weighted by Crippen LogP contribution is 2.28. The molecular weight excluding hydrogens is 192 g/mol. The molecule has 80 valence electrons. The minimum absolute atomic E-state index is 0.0335. The van der Waals surface area contributed by atoms with E-state index in [9.17, 15) is 10.1 Å². The Kier molecular flexibility index (Phi) is 2.68. The second-order valence-corrected chi connectivity index (χ2v) is 4.09. The Labute approximate surface area is 88.7 Å². The van der Waals surface area contributed by atoms with Crippen LogP contribution >= 0.6 is 0 Å². The summed E-state index contributed by atoms with van der Waals surface area (Å²) in [5.41, 5.74) is 1.07. The van der Waals surface area contributed by atoms with Crippen molar-refractivity contribution >= 4 is 0 Å². The predicted molar refractivity (Wildman–Crippen MR) is 57.5 cm³/mol. The van der Waals surface area contributed by atoms with Crippen molar-refractivity contribution in [2.24, 2.45) is 0 Å². The van der Waals surface area contributed by atoms with Gasteiger partial charge in [-0.2, -0.15) is 0 Å². The molecule has 4 heteroatoms. The average molecular weight is 206 g/mol. The first-order chi connectivity index (χ1) is 7.18. The highest BCUT2D eigenvalue weighted by molar-refractivity contribution is 5.22. The van der Waals surface area contributed by atoms with Crippen molar-refractivity contribution in [2.45, 2.75) is 12.0 Å². The molecule has 0 spiro atoms. The lowest BCUT2D eigenvalue weighted by atomic mass is 9.95. The van der Waals surface area contributed by atoms with Crippen LogP contribution < -0.4 is 0 Å². The van der Waals surface area contributed by atoms with Crippen molar-refractivity contribution in [2.75, 3.05) is 20.1 Å². The Balaban J connectivity index is 2.24. The Hall–Kier alpha value is -1.42. The third-order valence-corrected chi connectivity index (χ3v) is 2.97. The van der Waals surface area contributed by atoms with Crippen LogP contribution in [0.25, 0.3) is 0 Å². The third-order valence-electron chi connectivity index (χ3n) is 2.97. The molecule has 0 amide bonds. The fourth-order valence-corrected chi connectivity index (χ4v) is 2.22. The van der Waals surface area contributed by atoms with Gasteiger partial charge in [0.15, 0.2) is 0 Å². The van der Waals surface area contributed by atoms with Gasteiger partial charge in [0, 0.05) is 11.5 Å². The molecule has 0 saturated carbocycles. The number of rotatable bonds is 2. The zero-order valence-electron chi connectivity index (χ0n) is 8.67. The van der Waals surface area contributed by atoms with E-state index >= 15 is 0 Å². The second-order valence-electron chi connectivity index (χ2n) is 4.09. The SMILES string of the molecule is CN1C[C@@H]([N+](=O)[O-])[C@H](c2ccccc2)C1. The van der Waals surface area contributed by atoms with Crippen LogP contribution in [0.2, 0.25) is 0 Å². The molecule has 2 atom stereocenters. The van der Waals surface area contributed by atoms with Gasteiger partial charge in [-0.25, -0.2) is 0 Å². The normalized spacial score (nSPS) is 26.7. The van der Waals surface area contributed by atoms with Gasteiger partial charge in [-0.3, -0.25) is 15.0 Å². The lowest BCUT2D eigenvalue weighted by Gasteiger charge is -2.11. The number of nitrogens with zero attached hydrogens (tertiary/aromatic N) is 2. The Bertz CT molecular complexity index is 353. The standard InChI is InChI=1S/C11H14N2O2/c1-12-7-10(11(8-12)13(14)15)9-5-3-2-4-6-9/h2-6,10-11H,7-8H2,1H3/t10-,11+/m0/s1. The fraction of sp³-hybridized carbons (Fsp3) is 0.455. The van der Waals surface area contributed by atoms with Crippen LogP contribution in [-0.4, -0.2) is 36.0 Å². The van der Waals surface area contributed by atoms with Crippen molar-refractivity contribution in [3.63, 3.8) is 0 Å². The number of hydrogen-bond donors (Lipinski definition) is 0. The molecule has 1 aliphatic rings. The molecule has 1 fully saturated rings. The van der Waals surface area contributed by atoms with Crippen molar-refractivity contribution in [1.29, 1.82) is 0 Å². The topological polar surface area (TPSA) is 46.4 Å². The fourth-order valence-electron chi connectivity index (χ4n) is 2.22. The van der Waals surface area contributed by atoms with Gasteiger partial charge in [-0.05, 0) is 12.6 Å². The minimum atomic E-state index is -0.461. The van der Waals surface area contributed by atoms with E-state index in [1.165, 1.54) is 0 Å². The molecule has 1 aromatic rings. The van der Waals surface area contributed by atoms with Gasteiger partial charge in [-0.15, -0.1) is 0 Å². The van der Waals surface area contributed by atoms with Crippen molar-refractivity contribution in [3.05, 3.63) is 46.0 Å². The van der Waals surface area contributed by atoms with E-state index in [-0.39, 0.29) is 10.8 Å². The van der Waals surface area contributed by atoms with Crippen molar-refractivity contribution in [1.82, 2.24) is 4.90 Å². The Morgan fingerprint density at radius 3 is 2.60 bits per heavy atom. The molecular formula is C11H14N2O2. The molecule has 1 heterocycles. The Morgan fingerprint density at radius 1 is 1.33 bits per heavy atom. The van der Waals surface area contributed by atoms with Crippen LogP contribution in [0, 0.1) is 10.1 Å². The summed E-state index contributed by atoms with van der Waals surface area (Å²) in [6, 6.07) is 9.29. The summed E-state index contributed by atoms with van der Waals surface area (Å²) in [5, 5.41) is 10.9. The van der Waals surface area contributed by atoms with Crippen LogP contribution in [0.15, 0.2) is 30.3 Å². The van der Waals surface area contributed by atoms with Crippen LogP contribution in [0.4, 0.5) is 0 Å². The van der Waals surface area contributed by atoms with Crippen LogP contribution in [0.3, 0.4) is 0 Å². The van der Waals surface area contributed by atoms with E-state index < -0.39 is 6.04 Å². The van der Waals surface area contributed by atoms with Gasteiger partial charge < -0.3 is 0 Å². The molecule has 1 saturated heterocycles. The van der Waals surface area contributed by atoms with Gasteiger partial charge >= 0.3 is 0 Å². The first kappa shape index (κ1) is 10.1. The van der Waals surface area contributed by atoms with Gasteiger partial charge in [0.25, 0.3) is 0 Å². The first-order valence-electron chi connectivity index (χ1n) is 5.05. The average Bonchev–Trinajstić information content (AvgIpc) is 2.62. The number of benzene rings is 1. The maximum absolute atomic E-state index is 10.9. The van der Waals surface area contributed by atoms with Crippen LogP contribution in [0.1, 0.15) is 11.5 Å². The molecule has 1 aromatic carbocycles. The summed E-state index contributed by atoms with van der Waals surface area (Å²) >= 11 is 0. The molecule has 0 aromatic heterocycles. The lowest BCUT2D eigenvalue weighted by Crippen LogP contribution is -2.27. The van der Waals surface area contributed by atoms with Gasteiger partial charge in [0.05, 0.1) is 12.5 Å². The van der Waals surface area contributed by atoms with Crippen molar-refractivity contribution in [3.8, 4) is 0 Å². The molecule has 0 aliphatic carbocycles. The zero-order valence-corrected chi connectivity index (χ0v) is 8.67. The summed E-state index contributed by atoms with van der Waals surface area (Å²) in [7, 11) is 1.93. The van der Waals surface area contributed by atoms with E-state index in [4.69, 9.17) is 0 Å². The third kappa shape index (κ3) is 1.99. The monoisotopic (exact) mass is 206 g/mol. The predicted octanol–water partition coefficient (Wildman–Crippen LogP) is 1.36. The highest BCUT2D eigenvalue weighted by atomic mass is 16.6. The largest absolute Gasteiger partial charge is 0.299 e. The summed E-state index contributed by atoms with van der Waals surface area (Å²) in [5.74, 6) is 0.0335.